The molecule has 1 aromatic rings. The maximum atomic E-state index is 10.8. The molecular weight excluding hydrogens is 196 g/mol. The summed E-state index contributed by atoms with van der Waals surface area (Å²) in [6, 6.07) is 5.07. The van der Waals surface area contributed by atoms with Gasteiger partial charge in [-0.2, -0.15) is 0 Å². The van der Waals surface area contributed by atoms with Gasteiger partial charge in [0.05, 0.1) is 18.1 Å². The summed E-state index contributed by atoms with van der Waals surface area (Å²) in [5.41, 5.74) is 4.35. The van der Waals surface area contributed by atoms with Crippen LogP contribution in [0.3, 0.4) is 0 Å². The third kappa shape index (κ3) is 2.92. The number of rotatable bonds is 5. The lowest BCUT2D eigenvalue weighted by atomic mass is 10.2. The lowest BCUT2D eigenvalue weighted by Crippen LogP contribution is -2.50. The van der Waals surface area contributed by atoms with Gasteiger partial charge in [0.1, 0.15) is 0 Å². The van der Waals surface area contributed by atoms with E-state index in [0.29, 0.717) is 17.9 Å². The SMILES string of the molecule is Cc1cccc(OCCC[NH3+])c1[N+](=O)[O-]. The van der Waals surface area contributed by atoms with Gasteiger partial charge in [0.2, 0.25) is 0 Å². The first-order chi connectivity index (χ1) is 7.16. The molecule has 3 N–H and O–H groups in total. The Morgan fingerprint density at radius 1 is 1.53 bits per heavy atom. The quantitative estimate of drug-likeness (QED) is 0.446. The number of ether oxygens (including phenoxy) is 1. The minimum absolute atomic E-state index is 0.0570. The lowest BCUT2D eigenvalue weighted by molar-refractivity contribution is -0.386. The van der Waals surface area contributed by atoms with Crippen LogP contribution >= 0.6 is 0 Å². The van der Waals surface area contributed by atoms with Crippen LogP contribution in [0.2, 0.25) is 0 Å². The molecule has 1 aromatic carbocycles. The van der Waals surface area contributed by atoms with E-state index in [2.05, 4.69) is 5.73 Å². The third-order valence-corrected chi connectivity index (χ3v) is 2.04. The summed E-state index contributed by atoms with van der Waals surface area (Å²) < 4.78 is 5.34. The van der Waals surface area contributed by atoms with E-state index >= 15 is 0 Å². The van der Waals surface area contributed by atoms with Gasteiger partial charge >= 0.3 is 5.69 Å². The summed E-state index contributed by atoms with van der Waals surface area (Å²) in [7, 11) is 0. The van der Waals surface area contributed by atoms with Gasteiger partial charge in [-0.15, -0.1) is 0 Å². The Balaban J connectivity index is 2.86. The second kappa shape index (κ2) is 5.31. The highest BCUT2D eigenvalue weighted by molar-refractivity contribution is 5.51. The number of para-hydroxylation sites is 1. The Bertz CT molecular complexity index is 353. The van der Waals surface area contributed by atoms with Crippen molar-refractivity contribution in [3.63, 3.8) is 0 Å². The van der Waals surface area contributed by atoms with Gasteiger partial charge in [-0.3, -0.25) is 10.1 Å². The van der Waals surface area contributed by atoms with Gasteiger partial charge < -0.3 is 10.5 Å². The van der Waals surface area contributed by atoms with E-state index in [1.165, 1.54) is 0 Å². The number of aryl methyl sites for hydroxylation is 1. The first-order valence-corrected chi connectivity index (χ1v) is 4.83. The Labute approximate surface area is 88.0 Å². The smallest absolute Gasteiger partial charge is 0.313 e. The Morgan fingerprint density at radius 3 is 2.87 bits per heavy atom. The van der Waals surface area contributed by atoms with Crippen molar-refractivity contribution in [2.24, 2.45) is 0 Å². The Morgan fingerprint density at radius 2 is 2.27 bits per heavy atom. The highest BCUT2D eigenvalue weighted by Crippen LogP contribution is 2.29. The summed E-state index contributed by atoms with van der Waals surface area (Å²) in [5.74, 6) is 0.341. The average Bonchev–Trinajstić information content (AvgIpc) is 2.17. The molecule has 0 heterocycles. The highest BCUT2D eigenvalue weighted by atomic mass is 16.6. The number of hydrogen-bond acceptors (Lipinski definition) is 3. The molecule has 0 aliphatic rings. The molecule has 5 heteroatoms. The van der Waals surface area contributed by atoms with Crippen molar-refractivity contribution in [2.75, 3.05) is 13.2 Å². The molecule has 0 radical (unpaired) electrons. The number of nitro groups is 1. The molecule has 0 atom stereocenters. The average molecular weight is 211 g/mol. The van der Waals surface area contributed by atoms with Crippen LogP contribution in [0.1, 0.15) is 12.0 Å². The second-order valence-electron chi connectivity index (χ2n) is 3.23. The fraction of sp³-hybridized carbons (Fsp3) is 0.400. The molecule has 0 amide bonds. The number of benzene rings is 1. The van der Waals surface area contributed by atoms with Gasteiger partial charge in [0.25, 0.3) is 0 Å². The van der Waals surface area contributed by atoms with E-state index in [1.807, 2.05) is 0 Å². The van der Waals surface area contributed by atoms with Crippen molar-refractivity contribution in [3.05, 3.63) is 33.9 Å². The zero-order chi connectivity index (χ0) is 11.3. The molecule has 0 unspecified atom stereocenters. The van der Waals surface area contributed by atoms with Crippen molar-refractivity contribution < 1.29 is 15.4 Å². The van der Waals surface area contributed by atoms with E-state index in [4.69, 9.17) is 4.74 Å². The van der Waals surface area contributed by atoms with Gasteiger partial charge in [0, 0.05) is 12.0 Å². The van der Waals surface area contributed by atoms with Crippen molar-refractivity contribution in [2.45, 2.75) is 13.3 Å². The molecule has 1 rings (SSSR count). The van der Waals surface area contributed by atoms with Gasteiger partial charge in [-0.05, 0) is 13.0 Å². The van der Waals surface area contributed by atoms with Crippen LogP contribution < -0.4 is 10.5 Å². The maximum Gasteiger partial charge on any atom is 0.313 e. The predicted molar refractivity (Wildman–Crippen MR) is 55.7 cm³/mol. The monoisotopic (exact) mass is 211 g/mol. The van der Waals surface area contributed by atoms with Gasteiger partial charge in [0.15, 0.2) is 5.75 Å². The summed E-state index contributed by atoms with van der Waals surface area (Å²) in [5, 5.41) is 10.8. The predicted octanol–water partition coefficient (Wildman–Crippen LogP) is 0.914. The lowest BCUT2D eigenvalue weighted by Gasteiger charge is -2.06. The fourth-order valence-electron chi connectivity index (χ4n) is 1.27. The minimum Gasteiger partial charge on any atom is -0.487 e. The van der Waals surface area contributed by atoms with Crippen LogP contribution in [0, 0.1) is 17.0 Å². The fourth-order valence-corrected chi connectivity index (χ4v) is 1.27. The first kappa shape index (κ1) is 11.5. The molecule has 5 nitrogen and oxygen atoms in total. The molecule has 0 aromatic heterocycles. The molecule has 15 heavy (non-hydrogen) atoms. The van der Waals surface area contributed by atoms with E-state index in [0.717, 1.165) is 13.0 Å². The summed E-state index contributed by atoms with van der Waals surface area (Å²) >= 11 is 0. The van der Waals surface area contributed by atoms with E-state index in [-0.39, 0.29) is 5.69 Å². The van der Waals surface area contributed by atoms with Crippen molar-refractivity contribution in [1.29, 1.82) is 0 Å². The molecule has 0 aliphatic carbocycles. The summed E-state index contributed by atoms with van der Waals surface area (Å²) in [6.07, 6.45) is 0.797. The first-order valence-electron chi connectivity index (χ1n) is 4.83. The number of nitrogens with zero attached hydrogens (tertiary/aromatic N) is 1. The van der Waals surface area contributed by atoms with Crippen LogP contribution in [0.5, 0.6) is 5.75 Å². The number of nitro benzene ring substituents is 1. The zero-order valence-corrected chi connectivity index (χ0v) is 8.73. The van der Waals surface area contributed by atoms with Crippen LogP contribution in [-0.2, 0) is 0 Å². The van der Waals surface area contributed by atoms with Crippen molar-refractivity contribution in [1.82, 2.24) is 0 Å². The minimum atomic E-state index is -0.408. The Kier molecular flexibility index (Phi) is 4.05. The maximum absolute atomic E-state index is 10.8. The molecule has 0 bridgehead atoms. The number of quaternary nitrogens is 1. The van der Waals surface area contributed by atoms with Crippen LogP contribution in [-0.4, -0.2) is 18.1 Å². The standard InChI is InChI=1S/C10H14N2O3/c1-8-4-2-5-9(10(8)12(13)14)15-7-3-6-11/h2,4-5H,3,6-7,11H2,1H3/p+1. The number of hydrogen-bond donors (Lipinski definition) is 1. The zero-order valence-electron chi connectivity index (χ0n) is 8.73. The van der Waals surface area contributed by atoms with Crippen LogP contribution in [0.25, 0.3) is 0 Å². The molecule has 0 fully saturated rings. The molecule has 82 valence electrons. The normalized spacial score (nSPS) is 10.0. The Hall–Kier alpha value is -1.62. The van der Waals surface area contributed by atoms with E-state index < -0.39 is 4.92 Å². The van der Waals surface area contributed by atoms with Gasteiger partial charge in [-0.1, -0.05) is 12.1 Å². The molecule has 0 aliphatic heterocycles. The van der Waals surface area contributed by atoms with Gasteiger partial charge in [-0.25, -0.2) is 0 Å². The topological polar surface area (TPSA) is 80.0 Å². The van der Waals surface area contributed by atoms with Crippen molar-refractivity contribution in [3.8, 4) is 5.75 Å². The van der Waals surface area contributed by atoms with E-state index in [1.54, 1.807) is 25.1 Å². The van der Waals surface area contributed by atoms with E-state index in [9.17, 15) is 10.1 Å². The summed E-state index contributed by atoms with van der Waals surface area (Å²) in [6.45, 7) is 2.93. The second-order valence-corrected chi connectivity index (χ2v) is 3.23. The van der Waals surface area contributed by atoms with Crippen LogP contribution in [0.4, 0.5) is 5.69 Å². The van der Waals surface area contributed by atoms with Crippen LogP contribution in [0.15, 0.2) is 18.2 Å². The third-order valence-electron chi connectivity index (χ3n) is 2.04. The highest BCUT2D eigenvalue weighted by Gasteiger charge is 2.17. The molecule has 0 saturated heterocycles. The molecule has 0 spiro atoms. The summed E-state index contributed by atoms with van der Waals surface area (Å²) in [4.78, 5) is 10.4. The molecule has 0 saturated carbocycles. The molecular formula is C10H15N2O3+. The van der Waals surface area contributed by atoms with Crippen molar-refractivity contribution >= 4 is 5.69 Å². The largest absolute Gasteiger partial charge is 0.487 e.